The van der Waals surface area contributed by atoms with E-state index in [1.807, 2.05) is 44.2 Å². The van der Waals surface area contributed by atoms with Gasteiger partial charge in [-0.05, 0) is 108 Å². The molecule has 0 spiro atoms. The van der Waals surface area contributed by atoms with Crippen molar-refractivity contribution < 1.29 is 18.6 Å². The summed E-state index contributed by atoms with van der Waals surface area (Å²) in [7, 11) is 0. The van der Waals surface area contributed by atoms with Gasteiger partial charge in [0.1, 0.15) is 30.3 Å². The van der Waals surface area contributed by atoms with Crippen molar-refractivity contribution in [1.29, 1.82) is 5.26 Å². The van der Waals surface area contributed by atoms with E-state index in [1.165, 1.54) is 25.9 Å². The highest BCUT2D eigenvalue weighted by atomic mass is 16.5. The first-order valence-electron chi connectivity index (χ1n) is 17.4. The van der Waals surface area contributed by atoms with Crippen LogP contribution in [0.5, 0.6) is 11.5 Å². The van der Waals surface area contributed by atoms with Crippen LogP contribution in [0.3, 0.4) is 0 Å². The smallest absolute Gasteiger partial charge is 0.137 e. The van der Waals surface area contributed by atoms with Crippen molar-refractivity contribution >= 4 is 27.6 Å². The Morgan fingerprint density at radius 2 is 1.98 bits per heavy atom. The normalized spacial score (nSPS) is 22.0. The fourth-order valence-corrected chi connectivity index (χ4v) is 7.20. The number of ether oxygens (including phenoxy) is 3. The van der Waals surface area contributed by atoms with Gasteiger partial charge in [0, 0.05) is 40.5 Å². The van der Waals surface area contributed by atoms with Crippen molar-refractivity contribution in [2.45, 2.75) is 84.5 Å². The van der Waals surface area contributed by atoms with Gasteiger partial charge >= 0.3 is 0 Å². The summed E-state index contributed by atoms with van der Waals surface area (Å²) < 4.78 is 23.6. The molecule has 1 aliphatic carbocycles. The molecule has 250 valence electrons. The Kier molecular flexibility index (Phi) is 10.4. The number of benzene rings is 2. The second-order valence-electron chi connectivity index (χ2n) is 14.0. The highest BCUT2D eigenvalue weighted by molar-refractivity contribution is 5.89. The molecule has 0 radical (unpaired) electrons. The average Bonchev–Trinajstić information content (AvgIpc) is 3.70. The predicted molar refractivity (Wildman–Crippen MR) is 187 cm³/mol. The lowest BCUT2D eigenvalue weighted by molar-refractivity contribution is 0.0553. The van der Waals surface area contributed by atoms with E-state index in [4.69, 9.17) is 18.6 Å². The first-order valence-corrected chi connectivity index (χ1v) is 17.4. The number of nitrogens with zero attached hydrogens (tertiary/aromatic N) is 2. The molecule has 2 aromatic carbocycles. The SMILES string of the molecule is C=C(NC1CCC(C#N)(CCN2CCC[C@@H](C)C2)CC1)c1cc2c(OCc3coc4cc(OCCOC(C)C)ccc34)cccc2[nH]1. The van der Waals surface area contributed by atoms with Crippen molar-refractivity contribution in [2.75, 3.05) is 32.8 Å². The molecule has 1 aliphatic heterocycles. The van der Waals surface area contributed by atoms with Gasteiger partial charge in [0.15, 0.2) is 0 Å². The maximum Gasteiger partial charge on any atom is 0.137 e. The maximum atomic E-state index is 10.2. The molecule has 1 atom stereocenters. The van der Waals surface area contributed by atoms with E-state index in [9.17, 15) is 5.26 Å². The van der Waals surface area contributed by atoms with E-state index >= 15 is 0 Å². The zero-order valence-electron chi connectivity index (χ0n) is 28.3. The summed E-state index contributed by atoms with van der Waals surface area (Å²) in [5.41, 5.74) is 4.37. The summed E-state index contributed by atoms with van der Waals surface area (Å²) in [6.45, 7) is 15.6. The largest absolute Gasteiger partial charge is 0.491 e. The number of aromatic nitrogens is 1. The Morgan fingerprint density at radius 3 is 2.77 bits per heavy atom. The van der Waals surface area contributed by atoms with Crippen LogP contribution >= 0.6 is 0 Å². The third kappa shape index (κ3) is 8.14. The van der Waals surface area contributed by atoms with Crippen LogP contribution in [-0.4, -0.2) is 54.9 Å². The number of furan rings is 1. The zero-order valence-corrected chi connectivity index (χ0v) is 28.3. The van der Waals surface area contributed by atoms with Crippen molar-refractivity contribution in [1.82, 2.24) is 15.2 Å². The first kappa shape index (κ1) is 33.0. The number of likely N-dealkylation sites (tertiary alicyclic amines) is 1. The molecule has 0 bridgehead atoms. The molecule has 2 aliphatic rings. The minimum atomic E-state index is -0.202. The fraction of sp³-hybridized carbons (Fsp3) is 0.513. The van der Waals surface area contributed by atoms with Crippen LogP contribution < -0.4 is 14.8 Å². The van der Waals surface area contributed by atoms with Gasteiger partial charge in [-0.15, -0.1) is 0 Å². The molecule has 3 heterocycles. The van der Waals surface area contributed by atoms with Gasteiger partial charge in [0.2, 0.25) is 0 Å². The maximum absolute atomic E-state index is 10.2. The lowest BCUT2D eigenvalue weighted by Gasteiger charge is -2.38. The Morgan fingerprint density at radius 1 is 1.13 bits per heavy atom. The van der Waals surface area contributed by atoms with Gasteiger partial charge in [-0.3, -0.25) is 0 Å². The number of H-pyrrole nitrogens is 1. The lowest BCUT2D eigenvalue weighted by Crippen LogP contribution is -2.40. The fourth-order valence-electron chi connectivity index (χ4n) is 7.20. The molecule has 2 N–H and O–H groups in total. The highest BCUT2D eigenvalue weighted by Crippen LogP contribution is 2.40. The molecule has 47 heavy (non-hydrogen) atoms. The number of rotatable bonds is 14. The van der Waals surface area contributed by atoms with Crippen LogP contribution in [-0.2, 0) is 11.3 Å². The van der Waals surface area contributed by atoms with Crippen LogP contribution in [0.25, 0.3) is 27.6 Å². The third-order valence-corrected chi connectivity index (χ3v) is 9.97. The van der Waals surface area contributed by atoms with Gasteiger partial charge < -0.3 is 33.8 Å². The molecular weight excluding hydrogens is 588 g/mol. The van der Waals surface area contributed by atoms with E-state index in [0.717, 1.165) is 94.9 Å². The summed E-state index contributed by atoms with van der Waals surface area (Å²) in [5, 5.41) is 15.8. The number of hydrogen-bond acceptors (Lipinski definition) is 7. The van der Waals surface area contributed by atoms with Crippen molar-refractivity contribution in [3.8, 4) is 17.6 Å². The van der Waals surface area contributed by atoms with E-state index in [2.05, 4.69) is 46.9 Å². The molecule has 2 aromatic heterocycles. The molecule has 6 rings (SSSR count). The number of fused-ring (bicyclic) bond motifs is 2. The van der Waals surface area contributed by atoms with Crippen LogP contribution in [0.4, 0.5) is 0 Å². The molecule has 0 unspecified atom stereocenters. The summed E-state index contributed by atoms with van der Waals surface area (Å²) in [5.74, 6) is 2.33. The standard InChI is InChI=1S/C39H50N4O4/c1-27(2)44-19-20-45-32-10-11-33-30(25-47-38(33)21-32)24-46-37-9-5-8-35-34(37)22-36(42-35)29(4)41-31-12-14-39(26-40,15-13-31)16-18-43-17-6-7-28(3)23-43/h5,8-11,21-22,25,27-28,31,41-42H,4,6-7,12-20,23-24H2,1-3H3/t28-,31?,39?/m1/s1. The van der Waals surface area contributed by atoms with Gasteiger partial charge in [-0.2, -0.15) is 5.26 Å². The molecule has 1 saturated carbocycles. The van der Waals surface area contributed by atoms with E-state index < -0.39 is 0 Å². The molecule has 1 saturated heterocycles. The van der Waals surface area contributed by atoms with Gasteiger partial charge in [0.05, 0.1) is 41.8 Å². The van der Waals surface area contributed by atoms with Gasteiger partial charge in [-0.1, -0.05) is 19.6 Å². The van der Waals surface area contributed by atoms with Gasteiger partial charge in [-0.25, -0.2) is 0 Å². The minimum absolute atomic E-state index is 0.185. The Labute approximate surface area is 279 Å². The zero-order chi connectivity index (χ0) is 32.8. The summed E-state index contributed by atoms with van der Waals surface area (Å²) in [6.07, 6.45) is 9.37. The summed E-state index contributed by atoms with van der Waals surface area (Å²) in [6, 6.07) is 17.1. The van der Waals surface area contributed by atoms with Gasteiger partial charge in [0.25, 0.3) is 0 Å². The van der Waals surface area contributed by atoms with Crippen molar-refractivity contribution in [3.05, 3.63) is 66.6 Å². The summed E-state index contributed by atoms with van der Waals surface area (Å²) >= 11 is 0. The molecule has 4 aromatic rings. The third-order valence-electron chi connectivity index (χ3n) is 9.97. The number of hydrogen-bond donors (Lipinski definition) is 2. The quantitative estimate of drug-likeness (QED) is 0.134. The van der Waals surface area contributed by atoms with E-state index in [-0.39, 0.29) is 11.5 Å². The van der Waals surface area contributed by atoms with E-state index in [0.29, 0.717) is 25.9 Å². The number of aromatic amines is 1. The van der Waals surface area contributed by atoms with Crippen LogP contribution in [0.1, 0.15) is 77.0 Å². The Bertz CT molecular complexity index is 1690. The van der Waals surface area contributed by atoms with Crippen molar-refractivity contribution in [2.24, 2.45) is 11.3 Å². The number of piperidine rings is 1. The first-order chi connectivity index (χ1) is 22.8. The Balaban J connectivity index is 1.03. The molecule has 0 amide bonds. The monoisotopic (exact) mass is 638 g/mol. The average molecular weight is 639 g/mol. The number of nitriles is 1. The van der Waals surface area contributed by atoms with Crippen LogP contribution in [0.2, 0.25) is 0 Å². The van der Waals surface area contributed by atoms with Crippen LogP contribution in [0, 0.1) is 22.7 Å². The van der Waals surface area contributed by atoms with Crippen molar-refractivity contribution in [3.63, 3.8) is 0 Å². The Hall–Kier alpha value is -3.93. The summed E-state index contributed by atoms with van der Waals surface area (Å²) in [4.78, 5) is 6.10. The highest BCUT2D eigenvalue weighted by Gasteiger charge is 2.36. The molecule has 2 fully saturated rings. The topological polar surface area (TPSA) is 95.7 Å². The molecular formula is C39H50N4O4. The minimum Gasteiger partial charge on any atom is -0.491 e. The predicted octanol–water partition coefficient (Wildman–Crippen LogP) is 8.43. The molecule has 8 nitrogen and oxygen atoms in total. The second kappa shape index (κ2) is 14.9. The molecule has 8 heteroatoms. The second-order valence-corrected chi connectivity index (χ2v) is 14.0. The lowest BCUT2D eigenvalue weighted by atomic mass is 9.71. The van der Waals surface area contributed by atoms with Crippen LogP contribution in [0.15, 0.2) is 59.7 Å². The van der Waals surface area contributed by atoms with E-state index in [1.54, 1.807) is 6.26 Å². The number of nitrogens with one attached hydrogen (secondary N) is 2.